The number of carbonyl (C=O) groups is 5. The van der Waals surface area contributed by atoms with Crippen molar-refractivity contribution in [1.82, 2.24) is 20.0 Å². The minimum Gasteiger partial charge on any atom is -0.369 e. The molecule has 2 saturated heterocycles. The van der Waals surface area contributed by atoms with Crippen LogP contribution in [0.4, 0.5) is 15.8 Å². The summed E-state index contributed by atoms with van der Waals surface area (Å²) in [6.07, 6.45) is 3.37. The van der Waals surface area contributed by atoms with Crippen LogP contribution in [0, 0.1) is 41.8 Å². The van der Waals surface area contributed by atoms with Gasteiger partial charge >= 0.3 is 0 Å². The largest absolute Gasteiger partial charge is 0.369 e. The summed E-state index contributed by atoms with van der Waals surface area (Å²) < 4.78 is 15.8. The number of anilines is 2. The molecule has 12 nitrogen and oxygen atoms in total. The molecule has 0 saturated carbocycles. The Morgan fingerprint density at radius 3 is 2.57 bits per heavy atom. The second-order valence-electron chi connectivity index (χ2n) is 11.9. The van der Waals surface area contributed by atoms with Crippen molar-refractivity contribution in [3.63, 3.8) is 0 Å². The molecule has 0 radical (unpaired) electrons. The highest BCUT2D eigenvalue weighted by atomic mass is 19.1. The van der Waals surface area contributed by atoms with Crippen molar-refractivity contribution in [2.24, 2.45) is 5.92 Å². The van der Waals surface area contributed by atoms with E-state index in [9.17, 15) is 28.4 Å². The number of halogens is 1. The van der Waals surface area contributed by atoms with E-state index in [1.54, 1.807) is 50.5 Å². The number of aromatic nitrogens is 2. The Hall–Kier alpha value is -5.82. The molecule has 232 valence electrons. The van der Waals surface area contributed by atoms with E-state index in [2.05, 4.69) is 27.6 Å². The van der Waals surface area contributed by atoms with Gasteiger partial charge in [0, 0.05) is 42.6 Å². The third kappa shape index (κ3) is 5.16. The molecule has 1 aromatic heterocycles. The molecule has 13 heteroatoms. The number of imide groups is 2. The zero-order chi connectivity index (χ0) is 32.9. The number of nitrogens with zero attached hydrogens (tertiary/aromatic N) is 5. The summed E-state index contributed by atoms with van der Waals surface area (Å²) in [5.74, 6) is 3.04. The highest BCUT2D eigenvalue weighted by Gasteiger charge is 2.45. The van der Waals surface area contributed by atoms with Crippen molar-refractivity contribution < 1.29 is 28.4 Å². The minimum absolute atomic E-state index is 0.0273. The zero-order valence-electron chi connectivity index (χ0n) is 25.2. The molecule has 1 unspecified atom stereocenters. The Bertz CT molecular complexity index is 1960. The third-order valence-electron chi connectivity index (χ3n) is 8.56. The quantitative estimate of drug-likeness (QED) is 0.325. The third-order valence-corrected chi connectivity index (χ3v) is 8.56. The topological polar surface area (TPSA) is 157 Å². The summed E-state index contributed by atoms with van der Waals surface area (Å²) in [6.45, 7) is 6.01. The summed E-state index contributed by atoms with van der Waals surface area (Å²) >= 11 is 0. The molecular weight excluding hydrogens is 593 g/mol. The van der Waals surface area contributed by atoms with E-state index in [0.29, 0.717) is 18.7 Å². The van der Waals surface area contributed by atoms with Crippen molar-refractivity contribution in [2.45, 2.75) is 45.2 Å². The summed E-state index contributed by atoms with van der Waals surface area (Å²) in [4.78, 5) is 66.0. The lowest BCUT2D eigenvalue weighted by Crippen LogP contribution is -2.54. The van der Waals surface area contributed by atoms with E-state index in [1.807, 2.05) is 4.90 Å². The van der Waals surface area contributed by atoms with E-state index < -0.39 is 46.9 Å². The van der Waals surface area contributed by atoms with Gasteiger partial charge in [-0.25, -0.2) is 4.39 Å². The van der Waals surface area contributed by atoms with Gasteiger partial charge in [-0.3, -0.25) is 38.9 Å². The van der Waals surface area contributed by atoms with E-state index >= 15 is 0 Å². The molecule has 3 aromatic rings. The lowest BCUT2D eigenvalue weighted by atomic mass is 9.98. The first-order chi connectivity index (χ1) is 21.9. The second kappa shape index (κ2) is 11.3. The van der Waals surface area contributed by atoms with E-state index in [0.717, 1.165) is 10.6 Å². The molecule has 2 N–H and O–H groups in total. The SMILES string of the molecule is Cc1c(NC(=O)C(C)(C)n2cc(C#CC3CN(c4ccc5c(c4)C(=O)N(C4CCC(=O)NC4=O)C5=O)C3)cn2)ccc(C#N)c1F. The average molecular weight is 622 g/mol. The molecule has 0 spiro atoms. The van der Waals surface area contributed by atoms with Crippen LogP contribution in [0.25, 0.3) is 0 Å². The fourth-order valence-electron chi connectivity index (χ4n) is 5.60. The van der Waals surface area contributed by atoms with Crippen molar-refractivity contribution in [1.29, 1.82) is 5.26 Å². The zero-order valence-corrected chi connectivity index (χ0v) is 25.2. The number of carbonyl (C=O) groups excluding carboxylic acids is 5. The van der Waals surface area contributed by atoms with Crippen molar-refractivity contribution in [2.75, 3.05) is 23.3 Å². The number of amides is 5. The highest BCUT2D eigenvalue weighted by molar-refractivity contribution is 6.23. The highest BCUT2D eigenvalue weighted by Crippen LogP contribution is 2.33. The molecule has 6 rings (SSSR count). The van der Waals surface area contributed by atoms with Crippen LogP contribution in [-0.4, -0.2) is 63.3 Å². The van der Waals surface area contributed by atoms with Gasteiger partial charge in [0.25, 0.3) is 17.7 Å². The number of nitrogens with one attached hydrogen (secondary N) is 2. The first-order valence-corrected chi connectivity index (χ1v) is 14.6. The van der Waals surface area contributed by atoms with Gasteiger partial charge in [0.2, 0.25) is 11.8 Å². The Morgan fingerprint density at radius 2 is 1.85 bits per heavy atom. The van der Waals surface area contributed by atoms with E-state index in [1.165, 1.54) is 23.7 Å². The van der Waals surface area contributed by atoms with Crippen molar-refractivity contribution in [3.05, 3.63) is 76.4 Å². The van der Waals surface area contributed by atoms with Crippen LogP contribution in [0.3, 0.4) is 0 Å². The summed E-state index contributed by atoms with van der Waals surface area (Å²) in [5, 5.41) is 18.3. The molecule has 3 aliphatic rings. The Kier molecular flexibility index (Phi) is 7.40. The molecule has 5 amide bonds. The predicted octanol–water partition coefficient (Wildman–Crippen LogP) is 2.47. The maximum atomic E-state index is 14.4. The normalized spacial score (nSPS) is 17.9. The molecule has 2 fully saturated rings. The van der Waals surface area contributed by atoms with Crippen LogP contribution in [0.1, 0.15) is 64.1 Å². The lowest BCUT2D eigenvalue weighted by molar-refractivity contribution is -0.136. The van der Waals surface area contributed by atoms with Crippen LogP contribution in [0.15, 0.2) is 42.7 Å². The molecule has 3 aliphatic heterocycles. The number of hydrogen-bond acceptors (Lipinski definition) is 8. The lowest BCUT2D eigenvalue weighted by Gasteiger charge is -2.38. The van der Waals surface area contributed by atoms with Gasteiger partial charge in [-0.05, 0) is 57.5 Å². The number of benzene rings is 2. The van der Waals surface area contributed by atoms with Gasteiger partial charge in [-0.15, -0.1) is 0 Å². The maximum absolute atomic E-state index is 14.4. The van der Waals surface area contributed by atoms with Crippen molar-refractivity contribution in [3.8, 4) is 17.9 Å². The number of nitriles is 1. The van der Waals surface area contributed by atoms with Gasteiger partial charge in [-0.2, -0.15) is 10.4 Å². The van der Waals surface area contributed by atoms with Gasteiger partial charge in [0.15, 0.2) is 0 Å². The molecule has 2 aromatic carbocycles. The standard InChI is InChI=1S/C33H28FN7O5/c1-18-25(9-6-21(13-35)28(18)34)37-32(46)33(2,3)40-17-19(14-36-40)4-5-20-15-39(16-20)22-7-8-23-24(12-22)31(45)41(30(23)44)26-10-11-27(42)38-29(26)43/h6-9,12,14,17,20,26H,10-11,15-16H2,1-3H3,(H,37,46)(H,38,42,43). The van der Waals surface area contributed by atoms with Crippen LogP contribution < -0.4 is 15.5 Å². The van der Waals surface area contributed by atoms with Gasteiger partial charge < -0.3 is 10.2 Å². The molecule has 0 aliphatic carbocycles. The number of rotatable bonds is 5. The smallest absolute Gasteiger partial charge is 0.262 e. The Labute approximate surface area is 263 Å². The molecular formula is C33H28FN7O5. The Morgan fingerprint density at radius 1 is 1.11 bits per heavy atom. The molecule has 1 atom stereocenters. The summed E-state index contributed by atoms with van der Waals surface area (Å²) in [5.41, 5.74) is 1.00. The first-order valence-electron chi connectivity index (χ1n) is 14.6. The van der Waals surface area contributed by atoms with Gasteiger partial charge in [-0.1, -0.05) is 11.8 Å². The number of fused-ring (bicyclic) bond motifs is 1. The Balaban J connectivity index is 1.08. The monoisotopic (exact) mass is 621 g/mol. The van der Waals surface area contributed by atoms with Crippen LogP contribution in [0.2, 0.25) is 0 Å². The molecule has 46 heavy (non-hydrogen) atoms. The fraction of sp³-hybridized carbons (Fsp3) is 0.303. The average Bonchev–Trinajstić information content (AvgIpc) is 3.58. The fourth-order valence-corrected chi connectivity index (χ4v) is 5.60. The van der Waals surface area contributed by atoms with Gasteiger partial charge in [0.1, 0.15) is 23.5 Å². The van der Waals surface area contributed by atoms with E-state index in [4.69, 9.17) is 5.26 Å². The predicted molar refractivity (Wildman–Crippen MR) is 162 cm³/mol. The van der Waals surface area contributed by atoms with Crippen LogP contribution in [-0.2, 0) is 19.9 Å². The number of hydrogen-bond donors (Lipinski definition) is 2. The van der Waals surface area contributed by atoms with Crippen LogP contribution >= 0.6 is 0 Å². The molecule has 0 bridgehead atoms. The summed E-state index contributed by atoms with van der Waals surface area (Å²) in [6, 6.07) is 8.56. The minimum atomic E-state index is -1.13. The second-order valence-corrected chi connectivity index (χ2v) is 11.9. The maximum Gasteiger partial charge on any atom is 0.262 e. The summed E-state index contributed by atoms with van der Waals surface area (Å²) in [7, 11) is 0. The number of piperidine rings is 1. The van der Waals surface area contributed by atoms with Crippen LogP contribution in [0.5, 0.6) is 0 Å². The first kappa shape index (κ1) is 30.2. The van der Waals surface area contributed by atoms with E-state index in [-0.39, 0.29) is 46.7 Å². The van der Waals surface area contributed by atoms with Gasteiger partial charge in [0.05, 0.1) is 34.4 Å². The molecule has 4 heterocycles. The van der Waals surface area contributed by atoms with Crippen molar-refractivity contribution >= 4 is 40.9 Å².